The Bertz CT molecular complexity index is 1870. The van der Waals surface area contributed by atoms with Gasteiger partial charge >= 0.3 is 5.97 Å². The number of ether oxygens (including phenoxy) is 3. The number of carbonyl (C=O) groups excluding carboxylic acids is 2. The maximum Gasteiger partial charge on any atom is 0.306 e. The summed E-state index contributed by atoms with van der Waals surface area (Å²) in [4.78, 5) is 26.7. The van der Waals surface area contributed by atoms with Crippen molar-refractivity contribution < 1.29 is 49.3 Å². The lowest BCUT2D eigenvalue weighted by molar-refractivity contribution is -0.305. The zero-order valence-corrected chi connectivity index (χ0v) is 57.0. The molecule has 0 aromatic carbocycles. The lowest BCUT2D eigenvalue weighted by atomic mass is 9.99. The van der Waals surface area contributed by atoms with Crippen LogP contribution >= 0.6 is 0 Å². The lowest BCUT2D eigenvalue weighted by Gasteiger charge is -2.41. The summed E-state index contributed by atoms with van der Waals surface area (Å²) in [6, 6.07) is -1.03. The number of rotatable bonds is 62. The molecule has 11 nitrogen and oxygen atoms in total. The molecule has 0 radical (unpaired) electrons. The van der Waals surface area contributed by atoms with Crippen molar-refractivity contribution in [3.63, 3.8) is 0 Å². The molecular weight excluding hydrogens is 1110 g/mol. The number of hydrogen-bond donors (Lipinski definition) is 6. The number of allylic oxidation sites excluding steroid dienone is 17. The monoisotopic (exact) mass is 1250 g/mol. The predicted molar refractivity (Wildman–Crippen MR) is 375 cm³/mol. The van der Waals surface area contributed by atoms with E-state index >= 15 is 0 Å². The lowest BCUT2D eigenvalue weighted by Crippen LogP contribution is -2.61. The smallest absolute Gasteiger partial charge is 0.306 e. The highest BCUT2D eigenvalue weighted by molar-refractivity contribution is 5.80. The van der Waals surface area contributed by atoms with Crippen molar-refractivity contribution in [3.05, 3.63) is 109 Å². The number of nitrogens with one attached hydrogen (secondary N) is 1. The van der Waals surface area contributed by atoms with Gasteiger partial charge in [0.15, 0.2) is 12.4 Å². The highest BCUT2D eigenvalue weighted by Crippen LogP contribution is 2.26. The van der Waals surface area contributed by atoms with Crippen LogP contribution in [-0.4, -0.2) is 99.6 Å². The summed E-state index contributed by atoms with van der Waals surface area (Å²) in [5.41, 5.74) is 0. The average molecular weight is 1250 g/mol. The van der Waals surface area contributed by atoms with Crippen LogP contribution in [0.2, 0.25) is 0 Å². The fourth-order valence-electron chi connectivity index (χ4n) is 10.9. The second-order valence-electron chi connectivity index (χ2n) is 24.9. The summed E-state index contributed by atoms with van der Waals surface area (Å²) in [5.74, 6) is -1.20. The molecule has 1 amide bonds. The molecule has 1 aliphatic rings. The van der Waals surface area contributed by atoms with Crippen molar-refractivity contribution in [2.45, 2.75) is 359 Å². The SMILES string of the molecule is CC/C=C\C/C=C\C/C=C\C/C=C\C/C=C\CCCCCCCCCCCC(=O)OC1C(OCC(NC(=O)C(O)CCCCCCCCCCCCC/C=C\C/C=C\C/C=C\CCCCC)C(O)/C=C/CCCCCCCCCCC)OC(CO)C(O)C1O. The van der Waals surface area contributed by atoms with Gasteiger partial charge in [0.2, 0.25) is 5.91 Å². The first-order valence-electron chi connectivity index (χ1n) is 36.7. The molecule has 6 N–H and O–H groups in total. The summed E-state index contributed by atoms with van der Waals surface area (Å²) in [5, 5.41) is 57.3. The second-order valence-corrected chi connectivity index (χ2v) is 24.9. The fraction of sp³-hybridized carbons (Fsp3) is 0.744. The minimum absolute atomic E-state index is 0.111. The second kappa shape index (κ2) is 64.4. The molecule has 0 spiro atoms. The molecule has 512 valence electrons. The van der Waals surface area contributed by atoms with Gasteiger partial charge in [0.1, 0.15) is 24.4 Å². The van der Waals surface area contributed by atoms with Gasteiger partial charge in [0, 0.05) is 6.42 Å². The number of aliphatic hydroxyl groups excluding tert-OH is 5. The standard InChI is InChI=1S/C78H135NO10/c1-4-7-10-13-16-19-22-24-26-28-30-32-34-36-38-40-42-44-46-48-51-54-57-60-63-66-73(83)89-76-75(85)74(84)72(67-80)88-78(76)87-68-69(70(81)64-61-58-55-52-49-21-18-15-12-9-6-3)79-77(86)71(82)65-62-59-56-53-50-47-45-43-41-39-37-35-33-31-29-27-25-23-20-17-14-11-8-5-2/h7,10,16-17,19-20,24-27,30-33,36,38,61,64,69-72,74-76,78,80-82,84-85H,4-6,8-9,11-15,18,21-23,28-29,34-35,37,39-60,62-63,65-68H2,1-3H3,(H,79,86)/b10-7-,19-16-,20-17-,26-24-,27-25-,32-30-,33-31-,38-36-,64-61+. The van der Waals surface area contributed by atoms with Gasteiger partial charge in [-0.05, 0) is 109 Å². The molecule has 0 aliphatic carbocycles. The average Bonchev–Trinajstić information content (AvgIpc) is 3.71. The molecule has 8 atom stereocenters. The van der Waals surface area contributed by atoms with Crippen LogP contribution < -0.4 is 5.32 Å². The summed E-state index contributed by atoms with van der Waals surface area (Å²) in [6.07, 6.45) is 78.4. The molecule has 0 bridgehead atoms. The summed E-state index contributed by atoms with van der Waals surface area (Å²) in [7, 11) is 0. The van der Waals surface area contributed by atoms with E-state index < -0.39 is 67.4 Å². The first kappa shape index (κ1) is 83.3. The maximum atomic E-state index is 13.5. The molecule has 1 fully saturated rings. The van der Waals surface area contributed by atoms with Gasteiger partial charge in [-0.3, -0.25) is 9.59 Å². The Kier molecular flexibility index (Phi) is 60.3. The molecule has 89 heavy (non-hydrogen) atoms. The first-order chi connectivity index (χ1) is 43.7. The van der Waals surface area contributed by atoms with Crippen LogP contribution in [0, 0.1) is 0 Å². The van der Waals surface area contributed by atoms with Crippen molar-refractivity contribution in [1.82, 2.24) is 5.32 Å². The minimum Gasteiger partial charge on any atom is -0.454 e. The van der Waals surface area contributed by atoms with E-state index in [2.05, 4.69) is 123 Å². The van der Waals surface area contributed by atoms with Crippen molar-refractivity contribution in [3.8, 4) is 0 Å². The molecule has 0 aromatic heterocycles. The normalized spacial score (nSPS) is 18.8. The third-order valence-corrected chi connectivity index (χ3v) is 16.7. The number of hydrogen-bond acceptors (Lipinski definition) is 10. The van der Waals surface area contributed by atoms with Gasteiger partial charge in [-0.2, -0.15) is 0 Å². The molecule has 1 aliphatic heterocycles. The predicted octanol–water partition coefficient (Wildman–Crippen LogP) is 19.2. The zero-order chi connectivity index (χ0) is 64.6. The molecule has 1 saturated heterocycles. The van der Waals surface area contributed by atoms with Crippen LogP contribution in [-0.2, 0) is 23.8 Å². The van der Waals surface area contributed by atoms with E-state index in [9.17, 15) is 35.1 Å². The topological polar surface area (TPSA) is 175 Å². The molecule has 0 saturated carbocycles. The molecule has 1 heterocycles. The van der Waals surface area contributed by atoms with Crippen LogP contribution in [0.3, 0.4) is 0 Å². The molecular formula is C78H135NO10. The molecule has 1 rings (SSSR count). The Morgan fingerprint density at radius 2 is 0.809 bits per heavy atom. The maximum absolute atomic E-state index is 13.5. The highest BCUT2D eigenvalue weighted by atomic mass is 16.7. The summed E-state index contributed by atoms with van der Waals surface area (Å²) >= 11 is 0. The van der Waals surface area contributed by atoms with Crippen molar-refractivity contribution in [1.29, 1.82) is 0 Å². The minimum atomic E-state index is -1.62. The van der Waals surface area contributed by atoms with Crippen LogP contribution in [0.1, 0.15) is 310 Å². The summed E-state index contributed by atoms with van der Waals surface area (Å²) < 4.78 is 17.7. The summed E-state index contributed by atoms with van der Waals surface area (Å²) in [6.45, 7) is 5.66. The van der Waals surface area contributed by atoms with Gasteiger partial charge in [-0.25, -0.2) is 0 Å². The van der Waals surface area contributed by atoms with Gasteiger partial charge in [-0.1, -0.05) is 304 Å². The van der Waals surface area contributed by atoms with E-state index in [0.29, 0.717) is 12.8 Å². The van der Waals surface area contributed by atoms with E-state index in [-0.39, 0.29) is 19.4 Å². The number of unbranched alkanes of at least 4 members (excludes halogenated alkanes) is 32. The Morgan fingerprint density at radius 1 is 0.449 bits per heavy atom. The molecule has 0 aromatic rings. The van der Waals surface area contributed by atoms with E-state index in [1.54, 1.807) is 6.08 Å². The Balaban J connectivity index is 2.54. The van der Waals surface area contributed by atoms with Crippen molar-refractivity contribution in [2.75, 3.05) is 13.2 Å². The van der Waals surface area contributed by atoms with E-state index in [1.165, 1.54) is 141 Å². The van der Waals surface area contributed by atoms with Crippen molar-refractivity contribution >= 4 is 11.9 Å². The number of amides is 1. The van der Waals surface area contributed by atoms with Gasteiger partial charge in [0.25, 0.3) is 0 Å². The number of carbonyl (C=O) groups is 2. The fourth-order valence-corrected chi connectivity index (χ4v) is 10.9. The van der Waals surface area contributed by atoms with Crippen LogP contribution in [0.25, 0.3) is 0 Å². The third kappa shape index (κ3) is 51.5. The van der Waals surface area contributed by atoms with Crippen LogP contribution in [0.4, 0.5) is 0 Å². The first-order valence-corrected chi connectivity index (χ1v) is 36.7. The Hall–Kier alpha value is -3.68. The van der Waals surface area contributed by atoms with Gasteiger partial charge < -0.3 is 45.1 Å². The number of aliphatic hydroxyl groups is 5. The van der Waals surface area contributed by atoms with Crippen molar-refractivity contribution in [2.24, 2.45) is 0 Å². The Labute approximate surface area is 545 Å². The van der Waals surface area contributed by atoms with E-state index in [0.717, 1.165) is 122 Å². The highest BCUT2D eigenvalue weighted by Gasteiger charge is 2.47. The number of esters is 1. The van der Waals surface area contributed by atoms with Gasteiger partial charge in [0.05, 0.1) is 25.4 Å². The molecule has 8 unspecified atom stereocenters. The van der Waals surface area contributed by atoms with Crippen LogP contribution in [0.5, 0.6) is 0 Å². The van der Waals surface area contributed by atoms with Crippen LogP contribution in [0.15, 0.2) is 109 Å². The Morgan fingerprint density at radius 3 is 1.24 bits per heavy atom. The third-order valence-electron chi connectivity index (χ3n) is 16.7. The van der Waals surface area contributed by atoms with Gasteiger partial charge in [-0.15, -0.1) is 0 Å². The largest absolute Gasteiger partial charge is 0.454 e. The molecule has 11 heteroatoms. The quantitative estimate of drug-likeness (QED) is 0.0195. The zero-order valence-electron chi connectivity index (χ0n) is 57.0. The van der Waals surface area contributed by atoms with E-state index in [4.69, 9.17) is 14.2 Å². The van der Waals surface area contributed by atoms with E-state index in [1.807, 2.05) is 6.08 Å².